The van der Waals surface area contributed by atoms with Crippen LogP contribution in [0, 0.1) is 0 Å². The summed E-state index contributed by atoms with van der Waals surface area (Å²) in [6.45, 7) is 5.20. The molecule has 2 aromatic rings. The Morgan fingerprint density at radius 3 is 2.32 bits per heavy atom. The second-order valence-corrected chi connectivity index (χ2v) is 7.89. The van der Waals surface area contributed by atoms with E-state index in [0.717, 1.165) is 0 Å². The predicted octanol–water partition coefficient (Wildman–Crippen LogP) is 4.37. The van der Waals surface area contributed by atoms with Crippen LogP contribution in [0.5, 0.6) is 0 Å². The summed E-state index contributed by atoms with van der Waals surface area (Å²) in [5.74, 6) is -3.42. The number of halogens is 2. The standard InChI is InChI=1S/C20H21F2N3O3/c1-18(2,3)28-17(27)25-13-7-8-14(24-10-13)16(26)19(11-20(21,22)12-19)15-6-4-5-9-23-15/h4-10H,11-12H2,1-3H3,(H,25,27). The lowest BCUT2D eigenvalue weighted by molar-refractivity contribution is -0.114. The minimum atomic E-state index is -2.91. The number of anilines is 1. The summed E-state index contributed by atoms with van der Waals surface area (Å²) in [5.41, 5.74) is -1.37. The molecule has 0 spiro atoms. The number of carbonyl (C=O) groups excluding carboxylic acids is 2. The monoisotopic (exact) mass is 389 g/mol. The molecule has 0 radical (unpaired) electrons. The van der Waals surface area contributed by atoms with Crippen molar-refractivity contribution in [2.24, 2.45) is 0 Å². The Hall–Kier alpha value is -2.90. The summed E-state index contributed by atoms with van der Waals surface area (Å²) >= 11 is 0. The number of hydrogen-bond acceptors (Lipinski definition) is 5. The summed E-state index contributed by atoms with van der Waals surface area (Å²) in [6.07, 6.45) is 0.907. The first-order chi connectivity index (χ1) is 13.0. The van der Waals surface area contributed by atoms with Crippen LogP contribution in [0.3, 0.4) is 0 Å². The van der Waals surface area contributed by atoms with Gasteiger partial charge in [-0.3, -0.25) is 20.1 Å². The fraction of sp³-hybridized carbons (Fsp3) is 0.400. The lowest BCUT2D eigenvalue weighted by Gasteiger charge is -2.45. The number of rotatable bonds is 4. The SMILES string of the molecule is CC(C)(C)OC(=O)Nc1ccc(C(=O)C2(c3ccccn3)CC(F)(F)C2)nc1. The first-order valence-corrected chi connectivity index (χ1v) is 8.81. The summed E-state index contributed by atoms with van der Waals surface area (Å²) in [4.78, 5) is 33.0. The maximum Gasteiger partial charge on any atom is 0.412 e. The van der Waals surface area contributed by atoms with Gasteiger partial charge in [0.2, 0.25) is 0 Å². The molecule has 2 aromatic heterocycles. The van der Waals surface area contributed by atoms with E-state index in [9.17, 15) is 18.4 Å². The molecular formula is C20H21F2N3O3. The van der Waals surface area contributed by atoms with Gasteiger partial charge in [0.25, 0.3) is 5.92 Å². The van der Waals surface area contributed by atoms with Crippen LogP contribution in [-0.4, -0.2) is 33.4 Å². The summed E-state index contributed by atoms with van der Waals surface area (Å²) < 4.78 is 32.5. The molecule has 0 aliphatic heterocycles. The predicted molar refractivity (Wildman–Crippen MR) is 98.5 cm³/mol. The maximum absolute atomic E-state index is 13.7. The Bertz CT molecular complexity index is 870. The lowest BCUT2D eigenvalue weighted by Crippen LogP contribution is -2.55. The van der Waals surface area contributed by atoms with Crippen LogP contribution < -0.4 is 5.32 Å². The van der Waals surface area contributed by atoms with Crippen LogP contribution >= 0.6 is 0 Å². The molecule has 1 amide bonds. The Morgan fingerprint density at radius 2 is 1.82 bits per heavy atom. The fourth-order valence-corrected chi connectivity index (χ4v) is 3.20. The molecule has 0 atom stereocenters. The van der Waals surface area contributed by atoms with Crippen molar-refractivity contribution in [3.05, 3.63) is 54.1 Å². The van der Waals surface area contributed by atoms with Crippen molar-refractivity contribution in [2.75, 3.05) is 5.32 Å². The Morgan fingerprint density at radius 1 is 1.11 bits per heavy atom. The number of nitrogens with zero attached hydrogens (tertiary/aromatic N) is 2. The minimum Gasteiger partial charge on any atom is -0.444 e. The van der Waals surface area contributed by atoms with Crippen LogP contribution in [0.2, 0.25) is 0 Å². The first-order valence-electron chi connectivity index (χ1n) is 8.81. The highest BCUT2D eigenvalue weighted by Crippen LogP contribution is 2.54. The molecule has 6 nitrogen and oxygen atoms in total. The van der Waals surface area contributed by atoms with Gasteiger partial charge >= 0.3 is 6.09 Å². The van der Waals surface area contributed by atoms with Gasteiger partial charge in [-0.05, 0) is 45.0 Å². The fourth-order valence-electron chi connectivity index (χ4n) is 3.20. The van der Waals surface area contributed by atoms with Crippen molar-refractivity contribution in [2.45, 2.75) is 50.6 Å². The van der Waals surface area contributed by atoms with Crippen LogP contribution in [0.15, 0.2) is 42.7 Å². The molecule has 0 bridgehead atoms. The van der Waals surface area contributed by atoms with Gasteiger partial charge in [-0.1, -0.05) is 6.07 Å². The average Bonchev–Trinajstić information content (AvgIpc) is 2.58. The van der Waals surface area contributed by atoms with Crippen molar-refractivity contribution >= 4 is 17.6 Å². The van der Waals surface area contributed by atoms with E-state index in [0.29, 0.717) is 11.4 Å². The maximum atomic E-state index is 13.7. The van der Waals surface area contributed by atoms with Crippen molar-refractivity contribution in [1.29, 1.82) is 0 Å². The zero-order chi connectivity index (χ0) is 20.6. The molecule has 2 heterocycles. The van der Waals surface area contributed by atoms with Crippen molar-refractivity contribution < 1.29 is 23.1 Å². The van der Waals surface area contributed by atoms with E-state index in [2.05, 4.69) is 15.3 Å². The van der Waals surface area contributed by atoms with Gasteiger partial charge in [-0.2, -0.15) is 0 Å². The first kappa shape index (κ1) is 19.9. The number of Topliss-reactive ketones (excluding diaryl/α,β-unsaturated/α-hetero) is 1. The van der Waals surface area contributed by atoms with Crippen LogP contribution in [-0.2, 0) is 10.2 Å². The molecule has 1 N–H and O–H groups in total. The third-order valence-electron chi connectivity index (χ3n) is 4.35. The van der Waals surface area contributed by atoms with Gasteiger partial charge in [-0.25, -0.2) is 13.6 Å². The minimum absolute atomic E-state index is 0.0379. The smallest absolute Gasteiger partial charge is 0.412 e. The van der Waals surface area contributed by atoms with E-state index in [1.165, 1.54) is 24.5 Å². The number of ether oxygens (including phenoxy) is 1. The molecule has 0 aromatic carbocycles. The van der Waals surface area contributed by atoms with Crippen LogP contribution in [0.25, 0.3) is 0 Å². The second-order valence-electron chi connectivity index (χ2n) is 7.89. The zero-order valence-electron chi connectivity index (χ0n) is 15.8. The molecular weight excluding hydrogens is 368 g/mol. The van der Waals surface area contributed by atoms with Gasteiger partial charge in [0.05, 0.1) is 23.0 Å². The van der Waals surface area contributed by atoms with Gasteiger partial charge < -0.3 is 4.74 Å². The number of ketones is 1. The normalized spacial score (nSPS) is 17.3. The number of nitrogens with one attached hydrogen (secondary N) is 1. The molecule has 28 heavy (non-hydrogen) atoms. The number of carbonyl (C=O) groups is 2. The van der Waals surface area contributed by atoms with Crippen molar-refractivity contribution in [3.8, 4) is 0 Å². The molecule has 3 rings (SSSR count). The number of amides is 1. The van der Waals surface area contributed by atoms with Gasteiger partial charge in [0.1, 0.15) is 11.3 Å². The van der Waals surface area contributed by atoms with E-state index in [1.807, 2.05) is 0 Å². The van der Waals surface area contributed by atoms with E-state index >= 15 is 0 Å². The summed E-state index contributed by atoms with van der Waals surface area (Å²) in [7, 11) is 0. The summed E-state index contributed by atoms with van der Waals surface area (Å²) in [6, 6.07) is 7.78. The lowest BCUT2D eigenvalue weighted by atomic mass is 9.60. The molecule has 1 aliphatic rings. The topological polar surface area (TPSA) is 81.2 Å². The Balaban J connectivity index is 1.79. The Kier molecular flexibility index (Phi) is 4.91. The molecule has 0 unspecified atom stereocenters. The Labute approximate surface area is 161 Å². The number of alkyl halides is 2. The van der Waals surface area contributed by atoms with Crippen LogP contribution in [0.4, 0.5) is 19.3 Å². The van der Waals surface area contributed by atoms with Crippen molar-refractivity contribution in [3.63, 3.8) is 0 Å². The quantitative estimate of drug-likeness (QED) is 0.785. The molecule has 0 saturated heterocycles. The van der Waals surface area contributed by atoms with Gasteiger partial charge in [0.15, 0.2) is 5.78 Å². The molecule has 1 fully saturated rings. The van der Waals surface area contributed by atoms with E-state index < -0.39 is 41.7 Å². The number of aromatic nitrogens is 2. The molecule has 148 valence electrons. The number of hydrogen-bond donors (Lipinski definition) is 1. The highest BCUT2D eigenvalue weighted by Gasteiger charge is 2.62. The second kappa shape index (κ2) is 6.92. The van der Waals surface area contributed by atoms with Crippen molar-refractivity contribution in [1.82, 2.24) is 9.97 Å². The largest absolute Gasteiger partial charge is 0.444 e. The molecule has 1 saturated carbocycles. The van der Waals surface area contributed by atoms with Gasteiger partial charge in [-0.15, -0.1) is 0 Å². The average molecular weight is 389 g/mol. The number of pyridine rings is 2. The zero-order valence-corrected chi connectivity index (χ0v) is 15.8. The highest BCUT2D eigenvalue weighted by atomic mass is 19.3. The van der Waals surface area contributed by atoms with E-state index in [-0.39, 0.29) is 5.69 Å². The van der Waals surface area contributed by atoms with E-state index in [4.69, 9.17) is 4.74 Å². The van der Waals surface area contributed by atoms with Gasteiger partial charge in [0, 0.05) is 19.0 Å². The molecule has 8 heteroatoms. The summed E-state index contributed by atoms with van der Waals surface area (Å²) in [5, 5.41) is 2.51. The third-order valence-corrected chi connectivity index (χ3v) is 4.35. The molecule has 1 aliphatic carbocycles. The van der Waals surface area contributed by atoms with E-state index in [1.54, 1.807) is 39.0 Å². The highest BCUT2D eigenvalue weighted by molar-refractivity contribution is 6.03. The van der Waals surface area contributed by atoms with Crippen LogP contribution in [0.1, 0.15) is 49.8 Å². The third kappa shape index (κ3) is 4.16.